The maximum atomic E-state index is 14.2. The molecule has 0 radical (unpaired) electrons. The van der Waals surface area contributed by atoms with Gasteiger partial charge in [0.1, 0.15) is 11.5 Å². The van der Waals surface area contributed by atoms with Crippen LogP contribution in [0.25, 0.3) is 11.1 Å². The molecule has 2 aromatic carbocycles. The number of halogens is 6. The first-order valence-corrected chi connectivity index (χ1v) is 7.15. The highest BCUT2D eigenvalue weighted by molar-refractivity contribution is 6.30. The third-order valence-corrected chi connectivity index (χ3v) is 3.46. The molecule has 0 unspecified atom stereocenters. The van der Waals surface area contributed by atoms with Crippen LogP contribution in [-0.4, -0.2) is 11.9 Å². The zero-order chi connectivity index (χ0) is 18.8. The number of rotatable bonds is 3. The van der Waals surface area contributed by atoms with Crippen LogP contribution in [0.1, 0.15) is 0 Å². The van der Waals surface area contributed by atoms with E-state index in [0.29, 0.717) is 17.3 Å². The number of hydrogen-bond acceptors (Lipinski definition) is 2. The third kappa shape index (κ3) is 4.27. The normalized spacial score (nSPS) is 13.2. The third-order valence-electron chi connectivity index (χ3n) is 3.21. The minimum Gasteiger partial charge on any atom is -0.403 e. The topological polar surface area (TPSA) is 66.0 Å². The van der Waals surface area contributed by atoms with Crippen molar-refractivity contribution in [1.82, 2.24) is 0 Å². The molecule has 0 aliphatic heterocycles. The van der Waals surface area contributed by atoms with Gasteiger partial charge in [-0.05, 0) is 23.8 Å². The fourth-order valence-electron chi connectivity index (χ4n) is 2.07. The van der Waals surface area contributed by atoms with Gasteiger partial charge in [-0.2, -0.15) is 22.6 Å². The molecule has 2 rings (SSSR count). The van der Waals surface area contributed by atoms with Crippen molar-refractivity contribution in [2.24, 2.45) is 11.5 Å². The van der Waals surface area contributed by atoms with Crippen LogP contribution >= 0.6 is 11.6 Å². The lowest BCUT2D eigenvalue weighted by atomic mass is 10.0. The Labute approximate surface area is 144 Å². The Morgan fingerprint density at radius 2 is 1.68 bits per heavy atom. The molecule has 132 valence electrons. The number of nitrogens with two attached hydrogens (primary N) is 2. The van der Waals surface area contributed by atoms with Gasteiger partial charge in [0, 0.05) is 17.3 Å². The lowest BCUT2D eigenvalue weighted by molar-refractivity contribution is -0.369. The average Bonchev–Trinajstić information content (AvgIpc) is 2.52. The lowest BCUT2D eigenvalue weighted by Gasteiger charge is -2.08. The molecule has 3 nitrogen and oxygen atoms in total. The SMILES string of the molecule is NC=C(N)C(=[NH+]c1c(F)cc(F)cc1-c1ccc(Cl)cc1)C(F)(F)F. The van der Waals surface area contributed by atoms with Gasteiger partial charge >= 0.3 is 11.9 Å². The number of alkyl halides is 3. The summed E-state index contributed by atoms with van der Waals surface area (Å²) in [6, 6.07) is 7.05. The van der Waals surface area contributed by atoms with Crippen molar-refractivity contribution in [3.8, 4) is 11.1 Å². The van der Waals surface area contributed by atoms with Gasteiger partial charge < -0.3 is 11.5 Å². The fourth-order valence-corrected chi connectivity index (χ4v) is 2.20. The van der Waals surface area contributed by atoms with E-state index in [1.54, 1.807) is 0 Å². The summed E-state index contributed by atoms with van der Waals surface area (Å²) < 4.78 is 67.2. The smallest absolute Gasteiger partial charge is 0.403 e. The number of allylic oxidation sites excluding steroid dienone is 1. The van der Waals surface area contributed by atoms with E-state index in [1.165, 1.54) is 24.3 Å². The molecule has 0 heterocycles. The Morgan fingerprint density at radius 3 is 2.20 bits per heavy atom. The van der Waals surface area contributed by atoms with Gasteiger partial charge in [-0.25, -0.2) is 4.39 Å². The van der Waals surface area contributed by atoms with Crippen LogP contribution in [0, 0.1) is 11.6 Å². The monoisotopic (exact) mass is 376 g/mol. The van der Waals surface area contributed by atoms with E-state index in [2.05, 4.69) is 0 Å². The van der Waals surface area contributed by atoms with E-state index in [0.717, 1.165) is 6.07 Å². The predicted molar refractivity (Wildman–Crippen MR) is 84.9 cm³/mol. The number of hydrogen-bond donors (Lipinski definition) is 3. The van der Waals surface area contributed by atoms with Crippen LogP contribution in [0.5, 0.6) is 0 Å². The molecule has 0 aromatic heterocycles. The summed E-state index contributed by atoms with van der Waals surface area (Å²) >= 11 is 5.75. The summed E-state index contributed by atoms with van der Waals surface area (Å²) in [5, 5.41) is 0.355. The summed E-state index contributed by atoms with van der Waals surface area (Å²) in [7, 11) is 0. The second kappa shape index (κ2) is 7.10. The summed E-state index contributed by atoms with van der Waals surface area (Å²) in [4.78, 5) is 1.89. The molecule has 0 aliphatic carbocycles. The van der Waals surface area contributed by atoms with Crippen LogP contribution in [0.15, 0.2) is 48.3 Å². The zero-order valence-corrected chi connectivity index (χ0v) is 13.2. The van der Waals surface area contributed by atoms with Crippen LogP contribution < -0.4 is 16.5 Å². The van der Waals surface area contributed by atoms with E-state index < -0.39 is 34.9 Å². The Morgan fingerprint density at radius 1 is 1.08 bits per heavy atom. The quantitative estimate of drug-likeness (QED) is 0.569. The summed E-state index contributed by atoms with van der Waals surface area (Å²) in [6.45, 7) is 0. The Hall–Kier alpha value is -2.61. The average molecular weight is 377 g/mol. The van der Waals surface area contributed by atoms with Gasteiger partial charge in [0.15, 0.2) is 5.82 Å². The minimum absolute atomic E-state index is 0.138. The lowest BCUT2D eigenvalue weighted by Crippen LogP contribution is -2.72. The molecule has 25 heavy (non-hydrogen) atoms. The molecular weight excluding hydrogens is 365 g/mol. The first kappa shape index (κ1) is 18.7. The van der Waals surface area contributed by atoms with Crippen LogP contribution in [0.2, 0.25) is 5.02 Å². The zero-order valence-electron chi connectivity index (χ0n) is 12.5. The molecule has 0 spiro atoms. The molecule has 5 N–H and O–H groups in total. The molecule has 0 fully saturated rings. The highest BCUT2D eigenvalue weighted by Crippen LogP contribution is 2.29. The Balaban J connectivity index is 2.76. The molecule has 0 saturated carbocycles. The molecule has 0 saturated heterocycles. The van der Waals surface area contributed by atoms with Gasteiger partial charge in [0.25, 0.3) is 0 Å². The predicted octanol–water partition coefficient (Wildman–Crippen LogP) is 2.76. The maximum Gasteiger partial charge on any atom is 0.479 e. The highest BCUT2D eigenvalue weighted by Gasteiger charge is 2.44. The van der Waals surface area contributed by atoms with Gasteiger partial charge in [-0.1, -0.05) is 23.7 Å². The van der Waals surface area contributed by atoms with Crippen molar-refractivity contribution in [3.05, 3.63) is 65.0 Å². The van der Waals surface area contributed by atoms with Crippen LogP contribution in [0.4, 0.5) is 27.6 Å². The van der Waals surface area contributed by atoms with Crippen molar-refractivity contribution in [3.63, 3.8) is 0 Å². The fraction of sp³-hybridized carbons (Fsp3) is 0.0625. The maximum absolute atomic E-state index is 14.2. The molecular formula is C16H12ClF5N3+. The standard InChI is InChI=1S/C16H11ClF5N3/c17-9-3-1-8(2-4-9)11-5-10(18)6-12(19)14(11)25-15(13(24)7-23)16(20,21)22/h1-7H,23-24H2/p+1. The highest BCUT2D eigenvalue weighted by atomic mass is 35.5. The molecule has 0 amide bonds. The van der Waals surface area contributed by atoms with E-state index in [9.17, 15) is 22.0 Å². The first-order valence-electron chi connectivity index (χ1n) is 6.77. The molecule has 0 atom stereocenters. The minimum atomic E-state index is -4.93. The van der Waals surface area contributed by atoms with Crippen molar-refractivity contribution < 1.29 is 26.9 Å². The second-order valence-corrected chi connectivity index (χ2v) is 5.37. The van der Waals surface area contributed by atoms with Crippen molar-refractivity contribution in [2.75, 3.05) is 0 Å². The Kier molecular flexibility index (Phi) is 5.32. The van der Waals surface area contributed by atoms with Gasteiger partial charge in [0.2, 0.25) is 5.69 Å². The van der Waals surface area contributed by atoms with E-state index in [-0.39, 0.29) is 11.1 Å². The summed E-state index contributed by atoms with van der Waals surface area (Å²) in [6.07, 6.45) is -4.41. The van der Waals surface area contributed by atoms with Crippen LogP contribution in [-0.2, 0) is 0 Å². The van der Waals surface area contributed by atoms with E-state index in [4.69, 9.17) is 23.1 Å². The summed E-state index contributed by atoms with van der Waals surface area (Å²) in [5.41, 5.74) is 7.50. The van der Waals surface area contributed by atoms with Crippen molar-refractivity contribution >= 4 is 23.0 Å². The van der Waals surface area contributed by atoms with Gasteiger partial charge in [-0.15, -0.1) is 0 Å². The van der Waals surface area contributed by atoms with E-state index >= 15 is 0 Å². The van der Waals surface area contributed by atoms with Crippen LogP contribution in [0.3, 0.4) is 0 Å². The molecule has 2 aromatic rings. The van der Waals surface area contributed by atoms with Gasteiger partial charge in [0.05, 0.1) is 5.56 Å². The summed E-state index contributed by atoms with van der Waals surface area (Å²) in [5.74, 6) is -2.18. The Bertz CT molecular complexity index is 842. The second-order valence-electron chi connectivity index (χ2n) is 4.94. The molecule has 0 aliphatic rings. The number of nitrogens with one attached hydrogen (secondary N) is 1. The number of benzene rings is 2. The molecule has 0 bridgehead atoms. The van der Waals surface area contributed by atoms with Crippen molar-refractivity contribution in [1.29, 1.82) is 0 Å². The molecule has 9 heteroatoms. The van der Waals surface area contributed by atoms with E-state index in [1.807, 2.05) is 4.99 Å². The van der Waals surface area contributed by atoms with Crippen molar-refractivity contribution in [2.45, 2.75) is 6.18 Å². The van der Waals surface area contributed by atoms with Gasteiger partial charge in [-0.3, -0.25) is 0 Å². The first-order chi connectivity index (χ1) is 11.6. The largest absolute Gasteiger partial charge is 0.479 e.